The van der Waals surface area contributed by atoms with E-state index in [2.05, 4.69) is 0 Å². The van der Waals surface area contributed by atoms with Crippen molar-refractivity contribution in [1.82, 2.24) is 4.90 Å². The summed E-state index contributed by atoms with van der Waals surface area (Å²) in [6.45, 7) is 3.85. The maximum absolute atomic E-state index is 12.6. The van der Waals surface area contributed by atoms with Crippen molar-refractivity contribution in [3.05, 3.63) is 29.8 Å². The van der Waals surface area contributed by atoms with Gasteiger partial charge >= 0.3 is 6.18 Å². The van der Waals surface area contributed by atoms with Crippen LogP contribution in [0.1, 0.15) is 18.9 Å². The smallest absolute Gasteiger partial charge is 0.341 e. The third-order valence-corrected chi connectivity index (χ3v) is 4.91. The van der Waals surface area contributed by atoms with Crippen molar-refractivity contribution in [2.24, 2.45) is 11.1 Å². The number of nitrogens with two attached hydrogens (primary N) is 1. The van der Waals surface area contributed by atoms with E-state index in [0.717, 1.165) is 30.3 Å². The van der Waals surface area contributed by atoms with Crippen LogP contribution in [0.3, 0.4) is 0 Å². The van der Waals surface area contributed by atoms with Crippen molar-refractivity contribution in [2.45, 2.75) is 24.4 Å². The molecule has 2 N–H and O–H groups in total. The summed E-state index contributed by atoms with van der Waals surface area (Å²) in [6.07, 6.45) is -3.50. The first kappa shape index (κ1) is 20.1. The zero-order valence-corrected chi connectivity index (χ0v) is 14.4. The van der Waals surface area contributed by atoms with Gasteiger partial charge in [-0.3, -0.25) is 4.79 Å². The number of nitrogens with zero attached hydrogens (tertiary/aromatic N) is 1. The molecule has 1 aliphatic heterocycles. The van der Waals surface area contributed by atoms with Gasteiger partial charge in [0.25, 0.3) is 0 Å². The van der Waals surface area contributed by atoms with E-state index in [1.54, 1.807) is 11.0 Å². The first-order valence-corrected chi connectivity index (χ1v) is 8.00. The third kappa shape index (κ3) is 5.29. The highest BCUT2D eigenvalue weighted by Crippen LogP contribution is 2.33. The molecular weight excluding hydrogens is 349 g/mol. The molecule has 1 saturated heterocycles. The maximum Gasteiger partial charge on any atom is 0.416 e. The Morgan fingerprint density at radius 2 is 2.13 bits per heavy atom. The lowest BCUT2D eigenvalue weighted by atomic mass is 9.90. The largest absolute Gasteiger partial charge is 0.416 e. The highest BCUT2D eigenvalue weighted by atomic mass is 35.5. The van der Waals surface area contributed by atoms with E-state index in [4.69, 9.17) is 5.73 Å². The summed E-state index contributed by atoms with van der Waals surface area (Å²) in [6, 6.07) is 5.04. The van der Waals surface area contributed by atoms with Gasteiger partial charge < -0.3 is 10.6 Å². The fraction of sp³-hybridized carbons (Fsp3) is 0.533. The number of hydrogen-bond acceptors (Lipinski definition) is 3. The molecule has 1 atom stereocenters. The minimum atomic E-state index is -4.36. The fourth-order valence-corrected chi connectivity index (χ4v) is 3.26. The summed E-state index contributed by atoms with van der Waals surface area (Å²) in [4.78, 5) is 14.3. The number of likely N-dealkylation sites (tertiary alicyclic amines) is 1. The molecule has 23 heavy (non-hydrogen) atoms. The maximum atomic E-state index is 12.6. The Labute approximate surface area is 144 Å². The number of carbonyl (C=O) groups is 1. The molecule has 0 aliphatic carbocycles. The van der Waals surface area contributed by atoms with Crippen molar-refractivity contribution in [3.63, 3.8) is 0 Å². The summed E-state index contributed by atoms with van der Waals surface area (Å²) in [5.41, 5.74) is 4.97. The summed E-state index contributed by atoms with van der Waals surface area (Å²) in [5, 5.41) is 0. The number of benzene rings is 1. The summed E-state index contributed by atoms with van der Waals surface area (Å²) in [7, 11) is 0. The van der Waals surface area contributed by atoms with E-state index in [0.29, 0.717) is 24.5 Å². The molecular formula is C15H20ClF3N2OS. The second-order valence-corrected chi connectivity index (χ2v) is 6.94. The van der Waals surface area contributed by atoms with Gasteiger partial charge in [0.15, 0.2) is 0 Å². The Kier molecular flexibility index (Phi) is 6.80. The Morgan fingerprint density at radius 1 is 1.43 bits per heavy atom. The van der Waals surface area contributed by atoms with Gasteiger partial charge in [-0.25, -0.2) is 0 Å². The van der Waals surface area contributed by atoms with E-state index in [1.165, 1.54) is 6.07 Å². The number of carbonyl (C=O) groups excluding carboxylic acids is 1. The molecule has 2 rings (SSSR count). The summed E-state index contributed by atoms with van der Waals surface area (Å²) < 4.78 is 37.9. The number of thioether (sulfide) groups is 1. The molecule has 8 heteroatoms. The molecule has 0 radical (unpaired) electrons. The minimum Gasteiger partial charge on any atom is -0.341 e. The second kappa shape index (κ2) is 7.77. The minimum absolute atomic E-state index is 0. The number of hydrogen-bond donors (Lipinski definition) is 1. The van der Waals surface area contributed by atoms with Gasteiger partial charge in [-0.05, 0) is 36.6 Å². The average Bonchev–Trinajstić information content (AvgIpc) is 2.88. The van der Waals surface area contributed by atoms with Crippen molar-refractivity contribution in [2.75, 3.05) is 25.4 Å². The number of halogens is 4. The van der Waals surface area contributed by atoms with Gasteiger partial charge in [0.2, 0.25) is 5.91 Å². The molecule has 1 aromatic carbocycles. The lowest BCUT2D eigenvalue weighted by molar-refractivity contribution is -0.137. The second-order valence-electron chi connectivity index (χ2n) is 5.89. The van der Waals surface area contributed by atoms with Crippen LogP contribution < -0.4 is 5.73 Å². The molecule has 1 amide bonds. The Morgan fingerprint density at radius 3 is 2.70 bits per heavy atom. The Balaban J connectivity index is 0.00000264. The molecule has 0 spiro atoms. The normalized spacial score (nSPS) is 21.2. The topological polar surface area (TPSA) is 46.3 Å². The van der Waals surface area contributed by atoms with Crippen LogP contribution in [0.4, 0.5) is 13.2 Å². The molecule has 0 bridgehead atoms. The zero-order valence-electron chi connectivity index (χ0n) is 12.7. The van der Waals surface area contributed by atoms with Crippen molar-refractivity contribution in [3.8, 4) is 0 Å². The predicted molar refractivity (Wildman–Crippen MR) is 87.8 cm³/mol. The van der Waals surface area contributed by atoms with E-state index in [1.807, 2.05) is 6.92 Å². The fourth-order valence-electron chi connectivity index (χ4n) is 2.40. The Hall–Kier alpha value is -0.920. The van der Waals surface area contributed by atoms with E-state index in [-0.39, 0.29) is 29.5 Å². The first-order chi connectivity index (χ1) is 10.2. The summed E-state index contributed by atoms with van der Waals surface area (Å²) >= 11 is 1.13. The number of alkyl halides is 3. The van der Waals surface area contributed by atoms with Gasteiger partial charge in [-0.15, -0.1) is 24.2 Å². The number of amides is 1. The lowest BCUT2D eigenvalue weighted by Gasteiger charge is -2.22. The monoisotopic (exact) mass is 368 g/mol. The van der Waals surface area contributed by atoms with Crippen molar-refractivity contribution < 1.29 is 18.0 Å². The Bertz CT molecular complexity index is 556. The molecule has 1 aliphatic rings. The van der Waals surface area contributed by atoms with Gasteiger partial charge in [0, 0.05) is 18.0 Å². The van der Waals surface area contributed by atoms with Crippen LogP contribution in [0.5, 0.6) is 0 Å². The third-order valence-electron chi connectivity index (χ3n) is 3.93. The average molecular weight is 369 g/mol. The summed E-state index contributed by atoms with van der Waals surface area (Å²) in [5.74, 6) is 0.0849. The van der Waals surface area contributed by atoms with Crippen LogP contribution in [-0.4, -0.2) is 36.2 Å². The van der Waals surface area contributed by atoms with E-state index in [9.17, 15) is 18.0 Å². The van der Waals surface area contributed by atoms with Crippen molar-refractivity contribution >= 4 is 30.1 Å². The van der Waals surface area contributed by atoms with Crippen LogP contribution in [-0.2, 0) is 11.0 Å². The van der Waals surface area contributed by atoms with E-state index < -0.39 is 11.7 Å². The van der Waals surface area contributed by atoms with E-state index >= 15 is 0 Å². The van der Waals surface area contributed by atoms with Gasteiger partial charge in [-0.1, -0.05) is 13.0 Å². The molecule has 1 aromatic rings. The van der Waals surface area contributed by atoms with Crippen LogP contribution >= 0.6 is 24.2 Å². The van der Waals surface area contributed by atoms with Crippen LogP contribution in [0.2, 0.25) is 0 Å². The number of rotatable bonds is 4. The zero-order chi connectivity index (χ0) is 16.4. The van der Waals surface area contributed by atoms with Gasteiger partial charge in [-0.2, -0.15) is 13.2 Å². The van der Waals surface area contributed by atoms with Crippen molar-refractivity contribution in [1.29, 1.82) is 0 Å². The highest BCUT2D eigenvalue weighted by Gasteiger charge is 2.34. The first-order valence-electron chi connectivity index (χ1n) is 7.01. The highest BCUT2D eigenvalue weighted by molar-refractivity contribution is 8.00. The van der Waals surface area contributed by atoms with Crippen LogP contribution in [0.15, 0.2) is 29.2 Å². The van der Waals surface area contributed by atoms with Crippen LogP contribution in [0.25, 0.3) is 0 Å². The van der Waals surface area contributed by atoms with Gasteiger partial charge in [0.05, 0.1) is 11.3 Å². The predicted octanol–water partition coefficient (Wildman–Crippen LogP) is 3.42. The molecule has 3 nitrogen and oxygen atoms in total. The quantitative estimate of drug-likeness (QED) is 0.828. The molecule has 130 valence electrons. The van der Waals surface area contributed by atoms with Gasteiger partial charge in [0.1, 0.15) is 0 Å². The molecule has 0 aromatic heterocycles. The van der Waals surface area contributed by atoms with Crippen LogP contribution in [0, 0.1) is 5.41 Å². The molecule has 1 unspecified atom stereocenters. The lowest BCUT2D eigenvalue weighted by Crippen LogP contribution is -2.35. The molecule has 1 heterocycles. The molecule has 0 saturated carbocycles. The standard InChI is InChI=1S/C15H19F3N2OS.ClH/c1-14(9-19)5-6-20(10-14)13(21)8-22-12-4-2-3-11(7-12)15(16,17)18;/h2-4,7H,5-6,8-10,19H2,1H3;1H. The molecule has 1 fully saturated rings. The SMILES string of the molecule is CC1(CN)CCN(C(=O)CSc2cccc(C(F)(F)F)c2)C1.Cl.